The van der Waals surface area contributed by atoms with Crippen molar-refractivity contribution >= 4 is 39.5 Å². The second-order valence-corrected chi connectivity index (χ2v) is 12.4. The number of alkyl halides is 1. The van der Waals surface area contributed by atoms with Crippen LogP contribution in [0.2, 0.25) is 0 Å². The molecule has 1 heterocycles. The van der Waals surface area contributed by atoms with Gasteiger partial charge in [-0.1, -0.05) is 19.1 Å². The van der Waals surface area contributed by atoms with E-state index in [1.165, 1.54) is 18.1 Å². The summed E-state index contributed by atoms with van der Waals surface area (Å²) in [6, 6.07) is 9.45. The van der Waals surface area contributed by atoms with Crippen molar-refractivity contribution < 1.29 is 36.3 Å². The summed E-state index contributed by atoms with van der Waals surface area (Å²) >= 11 is 0. The van der Waals surface area contributed by atoms with Gasteiger partial charge in [-0.05, 0) is 62.2 Å². The van der Waals surface area contributed by atoms with Gasteiger partial charge in [0.25, 0.3) is 10.0 Å². The van der Waals surface area contributed by atoms with Gasteiger partial charge >= 0.3 is 12.1 Å². The Labute approximate surface area is 268 Å². The van der Waals surface area contributed by atoms with E-state index in [0.29, 0.717) is 25.1 Å². The molecular formula is C31H40F2N6O6S. The van der Waals surface area contributed by atoms with Crippen LogP contribution in [0.4, 0.5) is 31.0 Å². The predicted octanol–water partition coefficient (Wildman–Crippen LogP) is 5.01. The van der Waals surface area contributed by atoms with Crippen LogP contribution in [0.3, 0.4) is 0 Å². The Hall–Kier alpha value is -4.53. The van der Waals surface area contributed by atoms with E-state index in [-0.39, 0.29) is 40.9 Å². The zero-order valence-electron chi connectivity index (χ0n) is 26.7. The summed E-state index contributed by atoms with van der Waals surface area (Å²) in [7, 11) is 0.144. The Bertz CT molecular complexity index is 1570. The van der Waals surface area contributed by atoms with Crippen LogP contribution in [0.15, 0.2) is 59.6 Å². The lowest BCUT2D eigenvalue weighted by atomic mass is 10.1. The highest BCUT2D eigenvalue weighted by atomic mass is 32.2. The number of benzene rings is 2. The van der Waals surface area contributed by atoms with Gasteiger partial charge in [-0.3, -0.25) is 4.31 Å². The second-order valence-electron chi connectivity index (χ2n) is 10.4. The summed E-state index contributed by atoms with van der Waals surface area (Å²) in [5, 5.41) is 2.99. The first kappa shape index (κ1) is 35.9. The first-order chi connectivity index (χ1) is 21.8. The fourth-order valence-corrected chi connectivity index (χ4v) is 5.42. The zero-order valence-corrected chi connectivity index (χ0v) is 27.6. The molecule has 0 saturated carbocycles. The number of anilines is 3. The summed E-state index contributed by atoms with van der Waals surface area (Å²) < 4.78 is 66.4. The average Bonchev–Trinajstić information content (AvgIpc) is 3.02. The predicted molar refractivity (Wildman–Crippen MR) is 171 cm³/mol. The van der Waals surface area contributed by atoms with Crippen molar-refractivity contribution in [3.8, 4) is 5.75 Å². The smallest absolute Gasteiger partial charge is 0.414 e. The number of aromatic nitrogens is 2. The van der Waals surface area contributed by atoms with Crippen LogP contribution < -0.4 is 19.3 Å². The van der Waals surface area contributed by atoms with Gasteiger partial charge in [-0.2, -0.15) is 4.98 Å². The fraction of sp³-hybridized carbons (Fsp3) is 0.419. The quantitative estimate of drug-likeness (QED) is 0.221. The van der Waals surface area contributed by atoms with Crippen molar-refractivity contribution in [2.75, 3.05) is 48.8 Å². The van der Waals surface area contributed by atoms with Crippen LogP contribution in [-0.2, 0) is 26.0 Å². The summed E-state index contributed by atoms with van der Waals surface area (Å²) in [6.45, 7) is 6.62. The molecule has 3 aromatic rings. The van der Waals surface area contributed by atoms with Crippen molar-refractivity contribution in [1.82, 2.24) is 14.9 Å². The molecule has 0 fully saturated rings. The monoisotopic (exact) mass is 662 g/mol. The number of sulfonamides is 1. The first-order valence-corrected chi connectivity index (χ1v) is 16.2. The Balaban J connectivity index is 2.05. The van der Waals surface area contributed by atoms with Crippen molar-refractivity contribution in [2.24, 2.45) is 0 Å². The minimum absolute atomic E-state index is 0.00604. The lowest BCUT2D eigenvalue weighted by Crippen LogP contribution is -2.37. The van der Waals surface area contributed by atoms with Gasteiger partial charge in [-0.15, -0.1) is 0 Å². The molecule has 0 saturated heterocycles. The number of nitrogens with zero attached hydrogens (tertiary/aromatic N) is 5. The summed E-state index contributed by atoms with van der Waals surface area (Å²) in [4.78, 5) is 37.1. The Morgan fingerprint density at radius 3 is 2.17 bits per heavy atom. The molecule has 1 N–H and O–H groups in total. The van der Waals surface area contributed by atoms with E-state index in [4.69, 9.17) is 9.47 Å². The second kappa shape index (κ2) is 16.2. The Kier molecular flexibility index (Phi) is 12.6. The normalized spacial score (nSPS) is 12.5. The number of amides is 1. The van der Waals surface area contributed by atoms with Gasteiger partial charge in [-0.25, -0.2) is 31.8 Å². The zero-order chi connectivity index (χ0) is 34.0. The number of ether oxygens (including phenoxy) is 2. The minimum Gasteiger partial charge on any atom is -0.430 e. The highest BCUT2D eigenvalue weighted by Crippen LogP contribution is 2.30. The third kappa shape index (κ3) is 9.25. The molecule has 46 heavy (non-hydrogen) atoms. The van der Waals surface area contributed by atoms with Gasteiger partial charge in [0.1, 0.15) is 23.3 Å². The van der Waals surface area contributed by atoms with Crippen LogP contribution >= 0.6 is 0 Å². The number of rotatable bonds is 15. The summed E-state index contributed by atoms with van der Waals surface area (Å²) in [6.07, 6.45) is -0.718. The molecule has 1 aromatic heterocycles. The van der Waals surface area contributed by atoms with Gasteiger partial charge in [0.2, 0.25) is 12.3 Å². The van der Waals surface area contributed by atoms with Crippen LogP contribution in [0, 0.1) is 5.82 Å². The molecule has 2 atom stereocenters. The van der Waals surface area contributed by atoms with E-state index in [9.17, 15) is 26.8 Å². The van der Waals surface area contributed by atoms with Crippen molar-refractivity contribution in [1.29, 1.82) is 0 Å². The van der Waals surface area contributed by atoms with E-state index in [2.05, 4.69) is 15.3 Å². The van der Waals surface area contributed by atoms with E-state index in [0.717, 1.165) is 28.6 Å². The molecule has 3 rings (SSSR count). The van der Waals surface area contributed by atoms with Gasteiger partial charge < -0.3 is 24.6 Å². The number of hydrogen-bond acceptors (Lipinski definition) is 10. The molecule has 0 bridgehead atoms. The Morgan fingerprint density at radius 2 is 1.61 bits per heavy atom. The fourth-order valence-electron chi connectivity index (χ4n) is 4.23. The highest BCUT2D eigenvalue weighted by Gasteiger charge is 2.30. The molecule has 0 aliphatic rings. The topological polar surface area (TPSA) is 134 Å². The van der Waals surface area contributed by atoms with E-state index >= 15 is 0 Å². The standard InChI is InChI=1S/C31H40F2N6O6S/c1-7-10-27(33)45-29(40)25(19-21-11-15-23(16-12-21)44-31(41)37(4)5)35-28-26(20-34-30(36-28)39(8-2)9-3)38(6)46(42,43)24-17-13-22(32)14-18-24/h11-18,20,25,27H,7-10,19H2,1-6H3,(H,34,35,36). The number of hydrogen-bond donors (Lipinski definition) is 1. The van der Waals surface area contributed by atoms with Gasteiger partial charge in [0, 0.05) is 47.1 Å². The van der Waals surface area contributed by atoms with Crippen molar-refractivity contribution in [3.63, 3.8) is 0 Å². The maximum Gasteiger partial charge on any atom is 0.414 e. The van der Waals surface area contributed by atoms with Crippen LogP contribution in [0.1, 0.15) is 39.2 Å². The molecule has 1 amide bonds. The number of carbonyl (C=O) groups is 2. The number of carbonyl (C=O) groups excluding carboxylic acids is 2. The molecule has 0 spiro atoms. The SMILES string of the molecule is CCCC(F)OC(=O)C(Cc1ccc(OC(=O)N(C)C)cc1)Nc1nc(N(CC)CC)ncc1N(C)S(=O)(=O)c1ccc(F)cc1. The van der Waals surface area contributed by atoms with Crippen molar-refractivity contribution in [3.05, 3.63) is 66.1 Å². The number of nitrogens with one attached hydrogen (secondary N) is 1. The molecular weight excluding hydrogens is 622 g/mol. The molecule has 0 radical (unpaired) electrons. The number of esters is 1. The summed E-state index contributed by atoms with van der Waals surface area (Å²) in [5.74, 6) is -1.03. The highest BCUT2D eigenvalue weighted by molar-refractivity contribution is 7.92. The third-order valence-electron chi connectivity index (χ3n) is 6.90. The minimum atomic E-state index is -4.23. The summed E-state index contributed by atoms with van der Waals surface area (Å²) in [5.41, 5.74) is 0.575. The van der Waals surface area contributed by atoms with E-state index in [1.807, 2.05) is 18.7 Å². The molecule has 2 aromatic carbocycles. The van der Waals surface area contributed by atoms with Crippen molar-refractivity contribution in [2.45, 2.75) is 57.3 Å². The molecule has 15 heteroatoms. The molecule has 0 aliphatic heterocycles. The maximum atomic E-state index is 14.5. The van der Waals surface area contributed by atoms with Crippen LogP contribution in [-0.4, -0.2) is 82.0 Å². The van der Waals surface area contributed by atoms with Gasteiger partial charge in [0.05, 0.1) is 11.1 Å². The van der Waals surface area contributed by atoms with Crippen LogP contribution in [0.5, 0.6) is 5.75 Å². The maximum absolute atomic E-state index is 14.5. The number of halogens is 2. The van der Waals surface area contributed by atoms with Crippen LogP contribution in [0.25, 0.3) is 0 Å². The molecule has 2 unspecified atom stereocenters. The molecule has 250 valence electrons. The first-order valence-electron chi connectivity index (χ1n) is 14.8. The lowest BCUT2D eigenvalue weighted by Gasteiger charge is -2.27. The Morgan fingerprint density at radius 1 is 0.978 bits per heavy atom. The largest absolute Gasteiger partial charge is 0.430 e. The average molecular weight is 663 g/mol. The lowest BCUT2D eigenvalue weighted by molar-refractivity contribution is -0.159. The van der Waals surface area contributed by atoms with Gasteiger partial charge in [0.15, 0.2) is 5.82 Å². The molecule has 12 nitrogen and oxygen atoms in total. The molecule has 0 aliphatic carbocycles. The van der Waals surface area contributed by atoms with E-state index < -0.39 is 40.3 Å². The third-order valence-corrected chi connectivity index (χ3v) is 8.69. The van der Waals surface area contributed by atoms with E-state index in [1.54, 1.807) is 45.3 Å².